The van der Waals surface area contributed by atoms with Crippen LogP contribution in [-0.4, -0.2) is 0 Å². The molecule has 106 valence electrons. The molecule has 0 radical (unpaired) electrons. The maximum Gasteiger partial charge on any atom is 0.0462 e. The summed E-state index contributed by atoms with van der Waals surface area (Å²) >= 11 is 0. The van der Waals surface area contributed by atoms with Crippen molar-refractivity contribution in [1.82, 2.24) is 5.43 Å². The third kappa shape index (κ3) is 4.32. The molecule has 0 saturated heterocycles. The van der Waals surface area contributed by atoms with Crippen molar-refractivity contribution in [1.29, 1.82) is 0 Å². The van der Waals surface area contributed by atoms with Crippen molar-refractivity contribution >= 4 is 0 Å². The first-order valence-corrected chi connectivity index (χ1v) is 7.88. The number of aryl methyl sites for hydroxylation is 1. The number of nitrogens with one attached hydrogen (secondary N) is 1. The fourth-order valence-corrected chi connectivity index (χ4v) is 3.26. The van der Waals surface area contributed by atoms with E-state index in [4.69, 9.17) is 5.84 Å². The van der Waals surface area contributed by atoms with E-state index in [1.165, 1.54) is 62.5 Å². The van der Waals surface area contributed by atoms with Crippen LogP contribution in [0.25, 0.3) is 0 Å². The molecule has 0 bridgehead atoms. The molecular formula is C17H28N2. The van der Waals surface area contributed by atoms with E-state index < -0.39 is 0 Å². The van der Waals surface area contributed by atoms with Gasteiger partial charge in [0.05, 0.1) is 0 Å². The molecule has 0 spiro atoms. The quantitative estimate of drug-likeness (QED) is 0.596. The van der Waals surface area contributed by atoms with E-state index in [0.29, 0.717) is 6.04 Å². The van der Waals surface area contributed by atoms with Crippen molar-refractivity contribution < 1.29 is 0 Å². The SMILES string of the molecule is CCCc1ccc(C(CC2CCCCC2)NN)cc1. The highest BCUT2D eigenvalue weighted by molar-refractivity contribution is 5.25. The monoisotopic (exact) mass is 260 g/mol. The Bertz CT molecular complexity index is 352. The van der Waals surface area contributed by atoms with Crippen LogP contribution in [0.15, 0.2) is 24.3 Å². The minimum absolute atomic E-state index is 0.318. The minimum atomic E-state index is 0.318. The smallest absolute Gasteiger partial charge is 0.0462 e. The summed E-state index contributed by atoms with van der Waals surface area (Å²) in [4.78, 5) is 0. The summed E-state index contributed by atoms with van der Waals surface area (Å²) in [7, 11) is 0. The van der Waals surface area contributed by atoms with Crippen molar-refractivity contribution in [3.05, 3.63) is 35.4 Å². The van der Waals surface area contributed by atoms with Gasteiger partial charge in [-0.3, -0.25) is 11.3 Å². The second-order valence-electron chi connectivity index (χ2n) is 5.95. The number of hydrogen-bond acceptors (Lipinski definition) is 2. The van der Waals surface area contributed by atoms with Gasteiger partial charge in [0.1, 0.15) is 0 Å². The lowest BCUT2D eigenvalue weighted by Gasteiger charge is -2.26. The molecule has 1 aromatic rings. The molecule has 1 saturated carbocycles. The molecule has 0 heterocycles. The van der Waals surface area contributed by atoms with Gasteiger partial charge in [0.25, 0.3) is 0 Å². The summed E-state index contributed by atoms with van der Waals surface area (Å²) in [6, 6.07) is 9.32. The molecule has 1 aliphatic carbocycles. The molecule has 1 fully saturated rings. The van der Waals surface area contributed by atoms with Crippen molar-refractivity contribution in [2.45, 2.75) is 64.3 Å². The van der Waals surface area contributed by atoms with Crippen molar-refractivity contribution in [3.8, 4) is 0 Å². The molecule has 2 heteroatoms. The van der Waals surface area contributed by atoms with Crippen LogP contribution < -0.4 is 11.3 Å². The van der Waals surface area contributed by atoms with Crippen LogP contribution >= 0.6 is 0 Å². The van der Waals surface area contributed by atoms with E-state index in [1.54, 1.807) is 0 Å². The molecule has 0 aliphatic heterocycles. The second kappa shape index (κ2) is 7.66. The predicted octanol–water partition coefficient (Wildman–Crippen LogP) is 4.11. The van der Waals surface area contributed by atoms with Crippen molar-refractivity contribution in [3.63, 3.8) is 0 Å². The third-order valence-corrected chi connectivity index (χ3v) is 4.42. The van der Waals surface area contributed by atoms with Gasteiger partial charge in [-0.25, -0.2) is 0 Å². The average molecular weight is 260 g/mol. The topological polar surface area (TPSA) is 38.0 Å². The Morgan fingerprint density at radius 3 is 2.42 bits per heavy atom. The van der Waals surface area contributed by atoms with E-state index in [2.05, 4.69) is 36.6 Å². The number of rotatable bonds is 6. The zero-order valence-electron chi connectivity index (χ0n) is 12.2. The zero-order valence-corrected chi connectivity index (χ0v) is 12.2. The van der Waals surface area contributed by atoms with Gasteiger partial charge in [0.2, 0.25) is 0 Å². The van der Waals surface area contributed by atoms with Crippen LogP contribution in [0.4, 0.5) is 0 Å². The standard InChI is InChI=1S/C17H28N2/c1-2-6-14-9-11-16(12-10-14)17(19-18)13-15-7-4-3-5-8-15/h9-12,15,17,19H,2-8,13,18H2,1H3. The van der Waals surface area contributed by atoms with Gasteiger partial charge >= 0.3 is 0 Å². The van der Waals surface area contributed by atoms with E-state index in [9.17, 15) is 0 Å². The van der Waals surface area contributed by atoms with Crippen molar-refractivity contribution in [2.24, 2.45) is 11.8 Å². The third-order valence-electron chi connectivity index (χ3n) is 4.42. The predicted molar refractivity (Wildman–Crippen MR) is 81.7 cm³/mol. The van der Waals surface area contributed by atoms with Gasteiger partial charge < -0.3 is 0 Å². The summed E-state index contributed by atoms with van der Waals surface area (Å²) in [6.07, 6.45) is 10.5. The Morgan fingerprint density at radius 2 is 1.84 bits per heavy atom. The summed E-state index contributed by atoms with van der Waals surface area (Å²) in [6.45, 7) is 2.22. The highest BCUT2D eigenvalue weighted by atomic mass is 15.2. The number of hydrogen-bond donors (Lipinski definition) is 2. The van der Waals surface area contributed by atoms with Gasteiger partial charge in [0, 0.05) is 6.04 Å². The number of benzene rings is 1. The molecule has 1 aromatic carbocycles. The first-order chi connectivity index (χ1) is 9.33. The molecular weight excluding hydrogens is 232 g/mol. The molecule has 0 aromatic heterocycles. The Hall–Kier alpha value is -0.860. The van der Waals surface area contributed by atoms with Crippen LogP contribution in [0, 0.1) is 5.92 Å². The van der Waals surface area contributed by atoms with Gasteiger partial charge in [0.15, 0.2) is 0 Å². The fourth-order valence-electron chi connectivity index (χ4n) is 3.26. The minimum Gasteiger partial charge on any atom is -0.271 e. The van der Waals surface area contributed by atoms with Crippen LogP contribution in [0.1, 0.15) is 69.0 Å². The van der Waals surface area contributed by atoms with Gasteiger partial charge in [-0.2, -0.15) is 0 Å². The average Bonchev–Trinajstić information content (AvgIpc) is 2.47. The van der Waals surface area contributed by atoms with Crippen LogP contribution in [0.5, 0.6) is 0 Å². The van der Waals surface area contributed by atoms with E-state index >= 15 is 0 Å². The lowest BCUT2D eigenvalue weighted by atomic mass is 9.83. The Balaban J connectivity index is 1.95. The van der Waals surface area contributed by atoms with Gasteiger partial charge in [-0.05, 0) is 29.9 Å². The van der Waals surface area contributed by atoms with Crippen LogP contribution in [-0.2, 0) is 6.42 Å². The van der Waals surface area contributed by atoms with Crippen LogP contribution in [0.3, 0.4) is 0 Å². The molecule has 1 unspecified atom stereocenters. The molecule has 0 amide bonds. The first-order valence-electron chi connectivity index (χ1n) is 7.88. The van der Waals surface area contributed by atoms with Gasteiger partial charge in [-0.15, -0.1) is 0 Å². The summed E-state index contributed by atoms with van der Waals surface area (Å²) in [5.74, 6) is 6.62. The molecule has 2 rings (SSSR count). The maximum atomic E-state index is 5.77. The van der Waals surface area contributed by atoms with Gasteiger partial charge in [-0.1, -0.05) is 69.7 Å². The summed E-state index contributed by atoms with van der Waals surface area (Å²) in [5.41, 5.74) is 5.79. The first kappa shape index (κ1) is 14.5. The van der Waals surface area contributed by atoms with Crippen LogP contribution in [0.2, 0.25) is 0 Å². The Morgan fingerprint density at radius 1 is 1.16 bits per heavy atom. The lowest BCUT2D eigenvalue weighted by Crippen LogP contribution is -2.30. The lowest BCUT2D eigenvalue weighted by molar-refractivity contribution is 0.301. The summed E-state index contributed by atoms with van der Waals surface area (Å²) in [5, 5.41) is 0. The highest BCUT2D eigenvalue weighted by Crippen LogP contribution is 2.31. The highest BCUT2D eigenvalue weighted by Gasteiger charge is 2.19. The number of hydrazine groups is 1. The Kier molecular flexibility index (Phi) is 5.87. The van der Waals surface area contributed by atoms with Crippen molar-refractivity contribution in [2.75, 3.05) is 0 Å². The van der Waals surface area contributed by atoms with E-state index in [1.807, 2.05) is 0 Å². The van der Waals surface area contributed by atoms with E-state index in [-0.39, 0.29) is 0 Å². The maximum absolute atomic E-state index is 5.77. The largest absolute Gasteiger partial charge is 0.271 e. The zero-order chi connectivity index (χ0) is 13.5. The summed E-state index contributed by atoms with van der Waals surface area (Å²) < 4.78 is 0. The number of nitrogens with two attached hydrogens (primary N) is 1. The fraction of sp³-hybridized carbons (Fsp3) is 0.647. The van der Waals surface area contributed by atoms with E-state index in [0.717, 1.165) is 5.92 Å². The molecule has 19 heavy (non-hydrogen) atoms. The molecule has 2 nitrogen and oxygen atoms in total. The Labute approximate surface area is 117 Å². The second-order valence-corrected chi connectivity index (χ2v) is 5.95. The molecule has 3 N–H and O–H groups in total. The normalized spacial score (nSPS) is 18.4. The molecule has 1 aliphatic rings. The molecule has 1 atom stereocenters.